The molecule has 0 amide bonds. The third kappa shape index (κ3) is 9.49. The Morgan fingerprint density at radius 1 is 0.656 bits per heavy atom. The molecule has 32 heavy (non-hydrogen) atoms. The minimum absolute atomic E-state index is 0.313. The summed E-state index contributed by atoms with van der Waals surface area (Å²) in [6.07, 6.45) is 17.6. The normalized spacial score (nSPS) is 12.2. The molecule has 1 unspecified atom stereocenters. The van der Waals surface area contributed by atoms with E-state index in [2.05, 4.69) is 63.2 Å². The molecule has 1 heteroatoms. The van der Waals surface area contributed by atoms with E-state index in [1.807, 2.05) is 0 Å². The average Bonchev–Trinajstić information content (AvgIpc) is 2.82. The van der Waals surface area contributed by atoms with Gasteiger partial charge in [-0.15, -0.1) is 0 Å². The third-order valence-electron chi connectivity index (χ3n) is 6.93. The highest BCUT2D eigenvalue weighted by molar-refractivity contribution is 5.68. The predicted octanol–water partition coefficient (Wildman–Crippen LogP) is 8.94. The predicted molar refractivity (Wildman–Crippen MR) is 141 cm³/mol. The molecule has 0 saturated heterocycles. The summed E-state index contributed by atoms with van der Waals surface area (Å²) in [4.78, 5) is 0. The van der Waals surface area contributed by atoms with Crippen LogP contribution in [0.1, 0.15) is 108 Å². The average molecular weight is 437 g/mol. The van der Waals surface area contributed by atoms with Crippen LogP contribution < -0.4 is 0 Å². The topological polar surface area (TPSA) is 20.2 Å². The molecule has 0 aliphatic rings. The van der Waals surface area contributed by atoms with Gasteiger partial charge in [-0.25, -0.2) is 0 Å². The van der Waals surface area contributed by atoms with Crippen molar-refractivity contribution in [3.63, 3.8) is 0 Å². The van der Waals surface area contributed by atoms with E-state index >= 15 is 0 Å². The summed E-state index contributed by atoms with van der Waals surface area (Å²) in [6, 6.07) is 16.4. The van der Waals surface area contributed by atoms with Crippen LogP contribution in [-0.4, -0.2) is 11.7 Å². The van der Waals surface area contributed by atoms with Gasteiger partial charge in [0.05, 0.1) is 0 Å². The van der Waals surface area contributed by atoms with Crippen molar-refractivity contribution in [1.82, 2.24) is 0 Å². The Morgan fingerprint density at radius 2 is 1.38 bits per heavy atom. The van der Waals surface area contributed by atoms with Crippen molar-refractivity contribution in [3.05, 3.63) is 59.2 Å². The Bertz CT molecular complexity index is 731. The monoisotopic (exact) mass is 436 g/mol. The number of benzene rings is 2. The van der Waals surface area contributed by atoms with E-state index in [1.165, 1.54) is 85.6 Å². The molecule has 0 spiro atoms. The van der Waals surface area contributed by atoms with Crippen LogP contribution in [0.2, 0.25) is 0 Å². The molecule has 0 radical (unpaired) electrons. The van der Waals surface area contributed by atoms with Crippen LogP contribution in [0.25, 0.3) is 11.1 Å². The molecule has 2 aromatic rings. The lowest BCUT2D eigenvalue weighted by Gasteiger charge is -2.16. The first-order valence-corrected chi connectivity index (χ1v) is 13.5. The fraction of sp³-hybridized carbons (Fsp3) is 0.613. The van der Waals surface area contributed by atoms with Gasteiger partial charge >= 0.3 is 0 Å². The highest BCUT2D eigenvalue weighted by atomic mass is 16.2. The van der Waals surface area contributed by atoms with E-state index in [0.717, 1.165) is 38.0 Å². The summed E-state index contributed by atoms with van der Waals surface area (Å²) < 4.78 is 0. The van der Waals surface area contributed by atoms with Crippen molar-refractivity contribution in [3.8, 4) is 11.1 Å². The standard InChI is InChI=1S/C31H48O/c1-4-7-9-14-26(13-5-2)16-12-17-27-18-21-30(22-19-27)31-23-20-28(25-29(31)6-3)15-10-8-11-24-32/h18-23,25-26,32H,4-17,24H2,1-3H3. The first-order chi connectivity index (χ1) is 15.7. The zero-order valence-corrected chi connectivity index (χ0v) is 21.2. The molecule has 178 valence electrons. The second-order valence-corrected chi connectivity index (χ2v) is 9.62. The van der Waals surface area contributed by atoms with E-state index in [1.54, 1.807) is 0 Å². The van der Waals surface area contributed by atoms with Gasteiger partial charge in [0.1, 0.15) is 0 Å². The Kier molecular flexibility index (Phi) is 13.4. The van der Waals surface area contributed by atoms with Gasteiger partial charge in [-0.1, -0.05) is 115 Å². The maximum absolute atomic E-state index is 8.96. The first-order valence-electron chi connectivity index (χ1n) is 13.5. The van der Waals surface area contributed by atoms with Crippen molar-refractivity contribution in [2.75, 3.05) is 6.61 Å². The van der Waals surface area contributed by atoms with Crippen LogP contribution >= 0.6 is 0 Å². The highest BCUT2D eigenvalue weighted by Gasteiger charge is 2.09. The Labute approximate surface area is 198 Å². The van der Waals surface area contributed by atoms with Gasteiger partial charge in [0.15, 0.2) is 0 Å². The van der Waals surface area contributed by atoms with Crippen LogP contribution in [0.15, 0.2) is 42.5 Å². The van der Waals surface area contributed by atoms with Gasteiger partial charge in [0.2, 0.25) is 0 Å². The van der Waals surface area contributed by atoms with Crippen LogP contribution in [0.3, 0.4) is 0 Å². The second kappa shape index (κ2) is 16.1. The van der Waals surface area contributed by atoms with Crippen LogP contribution in [0.4, 0.5) is 0 Å². The molecule has 0 fully saturated rings. The minimum atomic E-state index is 0.313. The third-order valence-corrected chi connectivity index (χ3v) is 6.93. The van der Waals surface area contributed by atoms with E-state index < -0.39 is 0 Å². The van der Waals surface area contributed by atoms with E-state index in [-0.39, 0.29) is 0 Å². The number of aliphatic hydroxyl groups is 1. The lowest BCUT2D eigenvalue weighted by Crippen LogP contribution is -2.01. The van der Waals surface area contributed by atoms with Crippen molar-refractivity contribution >= 4 is 0 Å². The first kappa shape index (κ1) is 26.7. The molecular weight excluding hydrogens is 388 g/mol. The van der Waals surface area contributed by atoms with Gasteiger partial charge in [0.25, 0.3) is 0 Å². The SMILES string of the molecule is CCCCCC(CCC)CCCc1ccc(-c2ccc(CCCCCO)cc2CC)cc1. The molecule has 2 rings (SSSR count). The van der Waals surface area contributed by atoms with Crippen molar-refractivity contribution in [2.45, 2.75) is 111 Å². The summed E-state index contributed by atoms with van der Waals surface area (Å²) in [5.41, 5.74) is 7.10. The molecule has 0 aliphatic heterocycles. The summed E-state index contributed by atoms with van der Waals surface area (Å²) in [5, 5.41) is 8.96. The van der Waals surface area contributed by atoms with Crippen molar-refractivity contribution < 1.29 is 5.11 Å². The van der Waals surface area contributed by atoms with E-state index in [0.29, 0.717) is 6.61 Å². The number of rotatable bonds is 17. The quantitative estimate of drug-likeness (QED) is 0.245. The summed E-state index contributed by atoms with van der Waals surface area (Å²) >= 11 is 0. The zero-order chi connectivity index (χ0) is 23.0. The molecule has 2 aromatic carbocycles. The Morgan fingerprint density at radius 3 is 2.06 bits per heavy atom. The molecule has 1 nitrogen and oxygen atoms in total. The zero-order valence-electron chi connectivity index (χ0n) is 21.2. The molecule has 0 saturated carbocycles. The fourth-order valence-corrected chi connectivity index (χ4v) is 4.96. The highest BCUT2D eigenvalue weighted by Crippen LogP contribution is 2.27. The summed E-state index contributed by atoms with van der Waals surface area (Å²) in [5.74, 6) is 0.931. The molecule has 0 heterocycles. The maximum Gasteiger partial charge on any atom is 0.0431 e. The maximum atomic E-state index is 8.96. The van der Waals surface area contributed by atoms with Gasteiger partial charge in [-0.05, 0) is 72.3 Å². The number of hydrogen-bond acceptors (Lipinski definition) is 1. The van der Waals surface area contributed by atoms with Crippen LogP contribution in [0, 0.1) is 5.92 Å². The van der Waals surface area contributed by atoms with Gasteiger partial charge in [0, 0.05) is 6.61 Å². The van der Waals surface area contributed by atoms with E-state index in [9.17, 15) is 0 Å². The van der Waals surface area contributed by atoms with Crippen LogP contribution in [-0.2, 0) is 19.3 Å². The molecular formula is C31H48O. The van der Waals surface area contributed by atoms with Gasteiger partial charge < -0.3 is 5.11 Å². The molecule has 0 aromatic heterocycles. The number of unbranched alkanes of at least 4 members (excludes halogenated alkanes) is 4. The molecule has 0 bridgehead atoms. The molecule has 0 aliphatic carbocycles. The Balaban J connectivity index is 1.90. The summed E-state index contributed by atoms with van der Waals surface area (Å²) in [6.45, 7) is 7.21. The molecule has 1 atom stereocenters. The van der Waals surface area contributed by atoms with Crippen molar-refractivity contribution in [1.29, 1.82) is 0 Å². The number of aryl methyl sites for hydroxylation is 3. The largest absolute Gasteiger partial charge is 0.396 e. The van der Waals surface area contributed by atoms with E-state index in [4.69, 9.17) is 5.11 Å². The second-order valence-electron chi connectivity index (χ2n) is 9.62. The summed E-state index contributed by atoms with van der Waals surface area (Å²) in [7, 11) is 0. The van der Waals surface area contributed by atoms with Gasteiger partial charge in [-0.3, -0.25) is 0 Å². The van der Waals surface area contributed by atoms with Gasteiger partial charge in [-0.2, -0.15) is 0 Å². The lowest BCUT2D eigenvalue weighted by molar-refractivity contribution is 0.283. The molecule has 1 N–H and O–H groups in total. The van der Waals surface area contributed by atoms with Crippen LogP contribution in [0.5, 0.6) is 0 Å². The Hall–Kier alpha value is -1.60. The van der Waals surface area contributed by atoms with Crippen molar-refractivity contribution in [2.24, 2.45) is 5.92 Å². The lowest BCUT2D eigenvalue weighted by atomic mass is 9.90. The number of aliphatic hydroxyl groups excluding tert-OH is 1. The minimum Gasteiger partial charge on any atom is -0.396 e. The fourth-order valence-electron chi connectivity index (χ4n) is 4.96. The smallest absolute Gasteiger partial charge is 0.0431 e. The number of hydrogen-bond donors (Lipinski definition) is 1.